The second kappa shape index (κ2) is 5.89. The summed E-state index contributed by atoms with van der Waals surface area (Å²) in [6.45, 7) is 2.35. The van der Waals surface area contributed by atoms with E-state index in [1.165, 1.54) is 0 Å². The van der Waals surface area contributed by atoms with E-state index in [2.05, 4.69) is 0 Å². The molecular formula is C15H15ClO2. The SMILES string of the molecule is Cc1c(CO)ccc(OCc2ccccc2)c1Cl. The van der Waals surface area contributed by atoms with Crippen LogP contribution in [0.3, 0.4) is 0 Å². The van der Waals surface area contributed by atoms with Gasteiger partial charge in [-0.3, -0.25) is 0 Å². The lowest BCUT2D eigenvalue weighted by Gasteiger charge is -2.12. The molecule has 2 nitrogen and oxygen atoms in total. The molecule has 0 unspecified atom stereocenters. The first-order valence-electron chi connectivity index (χ1n) is 5.78. The van der Waals surface area contributed by atoms with Gasteiger partial charge in [0.1, 0.15) is 12.4 Å². The second-order valence-electron chi connectivity index (χ2n) is 4.09. The van der Waals surface area contributed by atoms with E-state index in [1.54, 1.807) is 6.07 Å². The van der Waals surface area contributed by atoms with Crippen LogP contribution in [-0.2, 0) is 13.2 Å². The zero-order valence-electron chi connectivity index (χ0n) is 10.2. The van der Waals surface area contributed by atoms with Gasteiger partial charge in [0, 0.05) is 0 Å². The van der Waals surface area contributed by atoms with Gasteiger partial charge in [0.05, 0.1) is 11.6 Å². The summed E-state index contributed by atoms with van der Waals surface area (Å²) in [7, 11) is 0. The van der Waals surface area contributed by atoms with Crippen LogP contribution in [0.1, 0.15) is 16.7 Å². The maximum absolute atomic E-state index is 9.14. The molecular weight excluding hydrogens is 248 g/mol. The van der Waals surface area contributed by atoms with E-state index in [1.807, 2.05) is 43.3 Å². The third-order valence-electron chi connectivity index (χ3n) is 2.87. The maximum atomic E-state index is 9.14. The molecule has 0 bridgehead atoms. The van der Waals surface area contributed by atoms with Gasteiger partial charge < -0.3 is 9.84 Å². The van der Waals surface area contributed by atoms with E-state index in [0.29, 0.717) is 17.4 Å². The van der Waals surface area contributed by atoms with Crippen LogP contribution in [0.5, 0.6) is 5.75 Å². The van der Waals surface area contributed by atoms with Crippen LogP contribution < -0.4 is 4.74 Å². The Balaban J connectivity index is 2.13. The van der Waals surface area contributed by atoms with Crippen molar-refractivity contribution in [2.75, 3.05) is 0 Å². The average molecular weight is 263 g/mol. The number of aliphatic hydroxyl groups excluding tert-OH is 1. The topological polar surface area (TPSA) is 29.5 Å². The van der Waals surface area contributed by atoms with Crippen molar-refractivity contribution in [2.24, 2.45) is 0 Å². The lowest BCUT2D eigenvalue weighted by molar-refractivity contribution is 0.280. The highest BCUT2D eigenvalue weighted by atomic mass is 35.5. The third kappa shape index (κ3) is 2.84. The highest BCUT2D eigenvalue weighted by Gasteiger charge is 2.08. The number of aliphatic hydroxyl groups is 1. The van der Waals surface area contributed by atoms with Gasteiger partial charge >= 0.3 is 0 Å². The smallest absolute Gasteiger partial charge is 0.138 e. The average Bonchev–Trinajstić information content (AvgIpc) is 2.42. The number of halogens is 1. The van der Waals surface area contributed by atoms with Gasteiger partial charge in [-0.2, -0.15) is 0 Å². The van der Waals surface area contributed by atoms with Crippen LogP contribution >= 0.6 is 11.6 Å². The maximum Gasteiger partial charge on any atom is 0.138 e. The molecule has 0 fully saturated rings. The summed E-state index contributed by atoms with van der Waals surface area (Å²) in [5, 5.41) is 9.71. The van der Waals surface area contributed by atoms with E-state index in [4.69, 9.17) is 21.4 Å². The third-order valence-corrected chi connectivity index (χ3v) is 3.34. The van der Waals surface area contributed by atoms with E-state index < -0.39 is 0 Å². The summed E-state index contributed by atoms with van der Waals surface area (Å²) >= 11 is 6.21. The molecule has 94 valence electrons. The molecule has 2 aromatic carbocycles. The molecule has 0 saturated heterocycles. The standard InChI is InChI=1S/C15H15ClO2/c1-11-13(9-17)7-8-14(15(11)16)18-10-12-5-3-2-4-6-12/h2-8,17H,9-10H2,1H3. The van der Waals surface area contributed by atoms with Crippen molar-refractivity contribution in [3.63, 3.8) is 0 Å². The molecule has 0 amide bonds. The summed E-state index contributed by atoms with van der Waals surface area (Å²) < 4.78 is 5.69. The predicted octanol–water partition coefficient (Wildman–Crippen LogP) is 3.72. The van der Waals surface area contributed by atoms with Crippen molar-refractivity contribution in [3.8, 4) is 5.75 Å². The van der Waals surface area contributed by atoms with Gasteiger partial charge in [0.15, 0.2) is 0 Å². The van der Waals surface area contributed by atoms with Crippen molar-refractivity contribution in [3.05, 3.63) is 64.2 Å². The Morgan fingerprint density at radius 2 is 1.83 bits per heavy atom. The number of ether oxygens (including phenoxy) is 1. The molecule has 0 saturated carbocycles. The second-order valence-corrected chi connectivity index (χ2v) is 4.47. The van der Waals surface area contributed by atoms with Gasteiger partial charge in [-0.1, -0.05) is 48.0 Å². The molecule has 18 heavy (non-hydrogen) atoms. The van der Waals surface area contributed by atoms with Crippen molar-refractivity contribution >= 4 is 11.6 Å². The van der Waals surface area contributed by atoms with Gasteiger partial charge in [-0.15, -0.1) is 0 Å². The highest BCUT2D eigenvalue weighted by Crippen LogP contribution is 2.30. The van der Waals surface area contributed by atoms with Crippen molar-refractivity contribution in [1.29, 1.82) is 0 Å². The number of rotatable bonds is 4. The van der Waals surface area contributed by atoms with E-state index >= 15 is 0 Å². The van der Waals surface area contributed by atoms with Gasteiger partial charge in [0.2, 0.25) is 0 Å². The first-order chi connectivity index (χ1) is 8.72. The fraction of sp³-hybridized carbons (Fsp3) is 0.200. The van der Waals surface area contributed by atoms with Crippen LogP contribution in [0, 0.1) is 6.92 Å². The van der Waals surface area contributed by atoms with E-state index in [9.17, 15) is 0 Å². The minimum Gasteiger partial charge on any atom is -0.487 e. The van der Waals surface area contributed by atoms with Crippen LogP contribution in [0.2, 0.25) is 5.02 Å². The van der Waals surface area contributed by atoms with Gasteiger partial charge in [0.25, 0.3) is 0 Å². The molecule has 0 heterocycles. The largest absolute Gasteiger partial charge is 0.487 e. The highest BCUT2D eigenvalue weighted by molar-refractivity contribution is 6.32. The quantitative estimate of drug-likeness (QED) is 0.910. The van der Waals surface area contributed by atoms with E-state index in [-0.39, 0.29) is 6.61 Å². The van der Waals surface area contributed by atoms with Gasteiger partial charge in [-0.05, 0) is 29.7 Å². The first-order valence-corrected chi connectivity index (χ1v) is 6.15. The molecule has 2 rings (SSSR count). The molecule has 0 aromatic heterocycles. The normalized spacial score (nSPS) is 10.4. The molecule has 0 spiro atoms. The molecule has 0 aliphatic heterocycles. The number of hydrogen-bond donors (Lipinski definition) is 1. The van der Waals surface area contributed by atoms with Crippen LogP contribution in [0.4, 0.5) is 0 Å². The first kappa shape index (κ1) is 12.9. The Morgan fingerprint density at radius 1 is 1.11 bits per heavy atom. The zero-order chi connectivity index (χ0) is 13.0. The lowest BCUT2D eigenvalue weighted by atomic mass is 10.1. The van der Waals surface area contributed by atoms with E-state index in [0.717, 1.165) is 16.7 Å². The Labute approximate surface area is 112 Å². The summed E-state index contributed by atoms with van der Waals surface area (Å²) in [6, 6.07) is 13.6. The van der Waals surface area contributed by atoms with Crippen LogP contribution in [0.25, 0.3) is 0 Å². The predicted molar refractivity (Wildman–Crippen MR) is 72.9 cm³/mol. The van der Waals surface area contributed by atoms with Gasteiger partial charge in [-0.25, -0.2) is 0 Å². The minimum atomic E-state index is -0.00941. The molecule has 0 atom stereocenters. The summed E-state index contributed by atoms with van der Waals surface area (Å²) in [4.78, 5) is 0. The summed E-state index contributed by atoms with van der Waals surface area (Å²) in [5.41, 5.74) is 2.79. The fourth-order valence-electron chi connectivity index (χ4n) is 1.72. The Kier molecular flexibility index (Phi) is 4.24. The molecule has 0 aliphatic carbocycles. The summed E-state index contributed by atoms with van der Waals surface area (Å²) in [5.74, 6) is 0.648. The minimum absolute atomic E-state index is 0.00941. The number of benzene rings is 2. The van der Waals surface area contributed by atoms with Crippen molar-refractivity contribution < 1.29 is 9.84 Å². The molecule has 2 aromatic rings. The molecule has 0 radical (unpaired) electrons. The number of hydrogen-bond acceptors (Lipinski definition) is 2. The van der Waals surface area contributed by atoms with Crippen molar-refractivity contribution in [2.45, 2.75) is 20.1 Å². The lowest BCUT2D eigenvalue weighted by Crippen LogP contribution is -1.98. The van der Waals surface area contributed by atoms with Crippen LogP contribution in [0.15, 0.2) is 42.5 Å². The Bertz CT molecular complexity index is 524. The Hall–Kier alpha value is -1.51. The summed E-state index contributed by atoms with van der Waals surface area (Å²) in [6.07, 6.45) is 0. The van der Waals surface area contributed by atoms with Crippen molar-refractivity contribution in [1.82, 2.24) is 0 Å². The fourth-order valence-corrected chi connectivity index (χ4v) is 1.96. The zero-order valence-corrected chi connectivity index (χ0v) is 10.9. The molecule has 3 heteroatoms. The Morgan fingerprint density at radius 3 is 2.50 bits per heavy atom. The molecule has 0 aliphatic rings. The van der Waals surface area contributed by atoms with Crippen LogP contribution in [-0.4, -0.2) is 5.11 Å². The monoisotopic (exact) mass is 262 g/mol. The molecule has 1 N–H and O–H groups in total.